The molecule has 0 saturated carbocycles. The number of carbonyl (C=O) groups is 1. The van der Waals surface area contributed by atoms with Crippen LogP contribution in [0.5, 0.6) is 0 Å². The number of halogens is 1. The van der Waals surface area contributed by atoms with Crippen LogP contribution in [0.15, 0.2) is 54.7 Å². The Bertz CT molecular complexity index is 811. The second-order valence-corrected chi connectivity index (χ2v) is 4.91. The zero-order valence-corrected chi connectivity index (χ0v) is 11.6. The molecule has 21 heavy (non-hydrogen) atoms. The van der Waals surface area contributed by atoms with Gasteiger partial charge in [0.2, 0.25) is 0 Å². The van der Waals surface area contributed by atoms with Crippen molar-refractivity contribution in [2.24, 2.45) is 0 Å². The maximum atomic E-state index is 10.8. The molecule has 0 aliphatic carbocycles. The summed E-state index contributed by atoms with van der Waals surface area (Å²) < 4.78 is 0. The molecule has 0 aliphatic rings. The number of fused-ring (bicyclic) bond motifs is 1. The monoisotopic (exact) mass is 298 g/mol. The molecule has 1 aromatic heterocycles. The highest BCUT2D eigenvalue weighted by atomic mass is 35.5. The number of rotatable bonds is 3. The lowest BCUT2D eigenvalue weighted by atomic mass is 10.1. The highest BCUT2D eigenvalue weighted by Crippen LogP contribution is 2.30. The molecular formula is C16H11ClN2O2. The van der Waals surface area contributed by atoms with Crippen LogP contribution in [0.2, 0.25) is 5.02 Å². The lowest BCUT2D eigenvalue weighted by molar-refractivity contribution is 0.0697. The summed E-state index contributed by atoms with van der Waals surface area (Å²) in [6, 6.07) is 14.0. The van der Waals surface area contributed by atoms with Crippen LogP contribution < -0.4 is 5.32 Å². The van der Waals surface area contributed by atoms with Crippen LogP contribution in [0.1, 0.15) is 10.4 Å². The van der Waals surface area contributed by atoms with E-state index < -0.39 is 5.97 Å². The molecule has 0 radical (unpaired) electrons. The molecule has 0 bridgehead atoms. The molecule has 1 heterocycles. The van der Waals surface area contributed by atoms with Gasteiger partial charge >= 0.3 is 5.97 Å². The number of hydrogen-bond donors (Lipinski definition) is 2. The highest BCUT2D eigenvalue weighted by molar-refractivity contribution is 6.36. The Kier molecular flexibility index (Phi) is 3.46. The molecule has 0 unspecified atom stereocenters. The van der Waals surface area contributed by atoms with E-state index in [4.69, 9.17) is 16.7 Å². The zero-order chi connectivity index (χ0) is 14.8. The number of carboxylic acids is 1. The summed E-state index contributed by atoms with van der Waals surface area (Å²) in [6.07, 6.45) is 1.70. The number of nitrogens with zero attached hydrogens (tertiary/aromatic N) is 1. The van der Waals surface area contributed by atoms with Crippen LogP contribution in [0.25, 0.3) is 10.8 Å². The van der Waals surface area contributed by atoms with E-state index in [0.29, 0.717) is 10.8 Å². The van der Waals surface area contributed by atoms with Crippen molar-refractivity contribution in [3.05, 3.63) is 65.3 Å². The Morgan fingerprint density at radius 3 is 2.57 bits per heavy atom. The summed E-state index contributed by atoms with van der Waals surface area (Å²) in [6.45, 7) is 0. The molecule has 0 spiro atoms. The van der Waals surface area contributed by atoms with Gasteiger partial charge in [0.25, 0.3) is 0 Å². The second kappa shape index (κ2) is 5.42. The first kappa shape index (κ1) is 13.4. The van der Waals surface area contributed by atoms with Crippen molar-refractivity contribution in [1.82, 2.24) is 4.98 Å². The molecule has 0 amide bonds. The Morgan fingerprint density at radius 2 is 1.86 bits per heavy atom. The van der Waals surface area contributed by atoms with E-state index in [1.165, 1.54) is 12.1 Å². The van der Waals surface area contributed by atoms with Gasteiger partial charge in [-0.2, -0.15) is 0 Å². The smallest absolute Gasteiger partial charge is 0.335 e. The summed E-state index contributed by atoms with van der Waals surface area (Å²) in [5, 5.41) is 14.5. The molecule has 0 fully saturated rings. The lowest BCUT2D eigenvalue weighted by Crippen LogP contribution is -1.98. The number of hydrogen-bond acceptors (Lipinski definition) is 3. The Balaban J connectivity index is 2.00. The third kappa shape index (κ3) is 2.66. The van der Waals surface area contributed by atoms with Gasteiger partial charge in [-0.15, -0.1) is 0 Å². The summed E-state index contributed by atoms with van der Waals surface area (Å²) in [5.74, 6) is -0.311. The van der Waals surface area contributed by atoms with E-state index in [9.17, 15) is 4.79 Å². The van der Waals surface area contributed by atoms with Crippen molar-refractivity contribution in [3.63, 3.8) is 0 Å². The highest BCUT2D eigenvalue weighted by Gasteiger charge is 2.07. The van der Waals surface area contributed by atoms with Crippen molar-refractivity contribution >= 4 is 39.8 Å². The molecular weight excluding hydrogens is 288 g/mol. The van der Waals surface area contributed by atoms with E-state index in [-0.39, 0.29) is 5.56 Å². The number of pyridine rings is 1. The Morgan fingerprint density at radius 1 is 1.10 bits per heavy atom. The summed E-state index contributed by atoms with van der Waals surface area (Å²) in [7, 11) is 0. The van der Waals surface area contributed by atoms with Crippen molar-refractivity contribution in [2.45, 2.75) is 0 Å². The van der Waals surface area contributed by atoms with Crippen molar-refractivity contribution in [2.75, 3.05) is 5.32 Å². The van der Waals surface area contributed by atoms with Crippen molar-refractivity contribution in [3.8, 4) is 0 Å². The molecule has 2 N–H and O–H groups in total. The number of carboxylic acid groups (broad SMARTS) is 1. The van der Waals surface area contributed by atoms with Gasteiger partial charge in [0.1, 0.15) is 5.82 Å². The van der Waals surface area contributed by atoms with Gasteiger partial charge in [0.05, 0.1) is 10.6 Å². The molecule has 2 aromatic carbocycles. The van der Waals surface area contributed by atoms with Gasteiger partial charge < -0.3 is 10.4 Å². The first-order valence-electron chi connectivity index (χ1n) is 6.29. The van der Waals surface area contributed by atoms with Crippen LogP contribution in [0.3, 0.4) is 0 Å². The Labute approximate surface area is 126 Å². The molecule has 5 heteroatoms. The molecule has 0 aliphatic heterocycles. The van der Waals surface area contributed by atoms with E-state index in [1.54, 1.807) is 18.3 Å². The second-order valence-electron chi connectivity index (χ2n) is 4.51. The predicted octanol–water partition coefficient (Wildman–Crippen LogP) is 4.33. The topological polar surface area (TPSA) is 62.2 Å². The van der Waals surface area contributed by atoms with Gasteiger partial charge in [-0.1, -0.05) is 23.7 Å². The first-order valence-corrected chi connectivity index (χ1v) is 6.66. The zero-order valence-electron chi connectivity index (χ0n) is 10.9. The van der Waals surface area contributed by atoms with E-state index >= 15 is 0 Å². The maximum Gasteiger partial charge on any atom is 0.335 e. The summed E-state index contributed by atoms with van der Waals surface area (Å²) in [4.78, 5) is 15.1. The number of benzene rings is 2. The largest absolute Gasteiger partial charge is 0.478 e. The minimum Gasteiger partial charge on any atom is -0.478 e. The van der Waals surface area contributed by atoms with Gasteiger partial charge in [-0.3, -0.25) is 0 Å². The summed E-state index contributed by atoms with van der Waals surface area (Å²) in [5.41, 5.74) is 0.990. The van der Waals surface area contributed by atoms with Gasteiger partial charge in [0, 0.05) is 17.3 Å². The van der Waals surface area contributed by atoms with Crippen LogP contribution in [-0.2, 0) is 0 Å². The number of aromatic nitrogens is 1. The number of aromatic carboxylic acids is 1. The Hall–Kier alpha value is -2.59. The molecule has 3 rings (SSSR count). The van der Waals surface area contributed by atoms with Gasteiger partial charge in [0.15, 0.2) is 0 Å². The van der Waals surface area contributed by atoms with Crippen LogP contribution in [-0.4, -0.2) is 16.1 Å². The average Bonchev–Trinajstić information content (AvgIpc) is 2.48. The van der Waals surface area contributed by atoms with Crippen molar-refractivity contribution < 1.29 is 9.90 Å². The molecule has 0 saturated heterocycles. The number of anilines is 2. The van der Waals surface area contributed by atoms with Crippen LogP contribution >= 0.6 is 11.6 Å². The standard InChI is InChI=1S/C16H11ClN2O2/c17-13-3-1-2-10-8-9-18-15(14(10)13)19-12-6-4-11(5-7-12)16(20)21/h1-9H,(H,18,19)(H,20,21). The van der Waals surface area contributed by atoms with E-state index in [2.05, 4.69) is 10.3 Å². The fraction of sp³-hybridized carbons (Fsp3) is 0. The lowest BCUT2D eigenvalue weighted by Gasteiger charge is -2.10. The van der Waals surface area contributed by atoms with E-state index in [0.717, 1.165) is 16.5 Å². The fourth-order valence-corrected chi connectivity index (χ4v) is 2.39. The minimum atomic E-state index is -0.951. The molecule has 104 valence electrons. The predicted molar refractivity (Wildman–Crippen MR) is 83.4 cm³/mol. The van der Waals surface area contributed by atoms with Crippen LogP contribution in [0.4, 0.5) is 11.5 Å². The summed E-state index contributed by atoms with van der Waals surface area (Å²) >= 11 is 6.24. The van der Waals surface area contributed by atoms with Crippen molar-refractivity contribution in [1.29, 1.82) is 0 Å². The third-order valence-electron chi connectivity index (χ3n) is 3.13. The first-order chi connectivity index (χ1) is 10.1. The third-order valence-corrected chi connectivity index (χ3v) is 3.45. The fourth-order valence-electron chi connectivity index (χ4n) is 2.11. The number of nitrogens with one attached hydrogen (secondary N) is 1. The molecule has 4 nitrogen and oxygen atoms in total. The average molecular weight is 299 g/mol. The molecule has 3 aromatic rings. The SMILES string of the molecule is O=C(O)c1ccc(Nc2nccc3cccc(Cl)c23)cc1. The van der Waals surface area contributed by atoms with Gasteiger partial charge in [-0.25, -0.2) is 9.78 Å². The normalized spacial score (nSPS) is 10.5. The minimum absolute atomic E-state index is 0.240. The van der Waals surface area contributed by atoms with Gasteiger partial charge in [-0.05, 0) is 41.8 Å². The quantitative estimate of drug-likeness (QED) is 0.755. The molecule has 0 atom stereocenters. The van der Waals surface area contributed by atoms with Crippen LogP contribution in [0, 0.1) is 0 Å². The maximum absolute atomic E-state index is 10.8. The van der Waals surface area contributed by atoms with E-state index in [1.807, 2.05) is 24.3 Å².